The molecule has 1 aromatic carbocycles. The highest BCUT2D eigenvalue weighted by Crippen LogP contribution is 2.15. The van der Waals surface area contributed by atoms with E-state index in [4.69, 9.17) is 0 Å². The summed E-state index contributed by atoms with van der Waals surface area (Å²) in [6, 6.07) is 5.11. The van der Waals surface area contributed by atoms with Crippen LogP contribution in [0.2, 0.25) is 0 Å². The Morgan fingerprint density at radius 2 is 1.38 bits per heavy atom. The maximum absolute atomic E-state index is 11.0. The molecule has 0 N–H and O–H groups in total. The van der Waals surface area contributed by atoms with Crippen molar-refractivity contribution in [1.29, 1.82) is 0 Å². The Morgan fingerprint density at radius 3 is 1.69 bits per heavy atom. The molecule has 0 heterocycles. The van der Waals surface area contributed by atoms with E-state index < -0.39 is 0 Å². The highest BCUT2D eigenvalue weighted by atomic mass is 31.0. The molecule has 1 aromatic rings. The Labute approximate surface area is 81.5 Å². The summed E-state index contributed by atoms with van der Waals surface area (Å²) in [4.78, 5) is 22.0. The lowest BCUT2D eigenvalue weighted by atomic mass is 10.1. The zero-order chi connectivity index (χ0) is 10.0. The molecule has 1 rings (SSSR count). The second-order valence-electron chi connectivity index (χ2n) is 2.82. The van der Waals surface area contributed by atoms with E-state index in [0.29, 0.717) is 11.1 Å². The number of benzene rings is 1. The lowest BCUT2D eigenvalue weighted by Crippen LogP contribution is -1.95. The quantitative estimate of drug-likeness (QED) is 0.703. The number of hydrogen-bond donors (Lipinski definition) is 0. The molecule has 0 aliphatic heterocycles. The predicted octanol–water partition coefficient (Wildman–Crippen LogP) is 2.03. The lowest BCUT2D eigenvalue weighted by molar-refractivity contribution is 0.108. The highest BCUT2D eigenvalue weighted by molar-refractivity contribution is 7.41. The van der Waals surface area contributed by atoms with Gasteiger partial charge in [-0.3, -0.25) is 9.59 Å². The second kappa shape index (κ2) is 4.09. The summed E-state index contributed by atoms with van der Waals surface area (Å²) in [6.07, 6.45) is 0. The molecule has 0 saturated carbocycles. The zero-order valence-electron chi connectivity index (χ0n) is 7.20. The van der Waals surface area contributed by atoms with E-state index in [1.54, 1.807) is 18.2 Å². The van der Waals surface area contributed by atoms with Crippen molar-refractivity contribution in [3.8, 4) is 0 Å². The number of carbonyl (C=O) groups is 2. The van der Waals surface area contributed by atoms with Gasteiger partial charge in [0, 0.05) is 11.1 Å². The van der Waals surface area contributed by atoms with Crippen molar-refractivity contribution < 1.29 is 9.59 Å². The third-order valence-electron chi connectivity index (χ3n) is 1.65. The monoisotopic (exact) mass is 212 g/mol. The summed E-state index contributed by atoms with van der Waals surface area (Å²) in [5.41, 5.74) is 1.82. The molecule has 0 amide bonds. The van der Waals surface area contributed by atoms with Gasteiger partial charge in [0.05, 0.1) is 0 Å². The van der Waals surface area contributed by atoms with Crippen LogP contribution < -0.4 is 0 Å². The fourth-order valence-corrected chi connectivity index (χ4v) is 1.40. The summed E-state index contributed by atoms with van der Waals surface area (Å²) in [5.74, 6) is 0. The topological polar surface area (TPSA) is 34.1 Å². The Kier molecular flexibility index (Phi) is 3.30. The van der Waals surface area contributed by atoms with Gasteiger partial charge in [-0.25, -0.2) is 0 Å². The minimum absolute atomic E-state index is 0.101. The highest BCUT2D eigenvalue weighted by Gasteiger charge is 2.05. The first-order valence-electron chi connectivity index (χ1n) is 3.72. The van der Waals surface area contributed by atoms with Crippen molar-refractivity contribution in [2.45, 2.75) is 6.92 Å². The summed E-state index contributed by atoms with van der Waals surface area (Å²) in [6.45, 7) is 1.86. The SMILES string of the molecule is Cc1cc(C(=O)P)cc(C(=O)P)c1. The van der Waals surface area contributed by atoms with Crippen LogP contribution in [0.15, 0.2) is 18.2 Å². The number of rotatable bonds is 2. The Bertz CT molecular complexity index is 340. The minimum Gasteiger partial charge on any atom is -0.290 e. The third-order valence-corrected chi connectivity index (χ3v) is 2.31. The summed E-state index contributed by atoms with van der Waals surface area (Å²) in [7, 11) is 4.18. The molecular formula is C9H10O2P2. The lowest BCUT2D eigenvalue weighted by Gasteiger charge is -2.01. The fourth-order valence-electron chi connectivity index (χ4n) is 1.07. The first kappa shape index (κ1) is 10.5. The van der Waals surface area contributed by atoms with Gasteiger partial charge in [-0.2, -0.15) is 0 Å². The first-order chi connectivity index (χ1) is 6.00. The first-order valence-corrected chi connectivity index (χ1v) is 4.87. The standard InChI is InChI=1S/C9H10O2P2/c1-5-2-6(8(10)12)4-7(3-5)9(11)13/h2-4H,12-13H2,1H3. The van der Waals surface area contributed by atoms with Crippen molar-refractivity contribution in [1.82, 2.24) is 0 Å². The Morgan fingerprint density at radius 1 is 1.00 bits per heavy atom. The second-order valence-corrected chi connectivity index (χ2v) is 3.86. The molecular weight excluding hydrogens is 202 g/mol. The van der Waals surface area contributed by atoms with Crippen LogP contribution >= 0.6 is 18.5 Å². The van der Waals surface area contributed by atoms with Crippen molar-refractivity contribution in [3.05, 3.63) is 34.9 Å². The minimum atomic E-state index is -0.101. The van der Waals surface area contributed by atoms with Gasteiger partial charge in [-0.15, -0.1) is 0 Å². The Hall–Kier alpha value is -0.580. The van der Waals surface area contributed by atoms with Gasteiger partial charge in [0.1, 0.15) is 0 Å². The van der Waals surface area contributed by atoms with E-state index in [1.165, 1.54) is 0 Å². The van der Waals surface area contributed by atoms with E-state index in [-0.39, 0.29) is 11.0 Å². The van der Waals surface area contributed by atoms with Gasteiger partial charge < -0.3 is 0 Å². The van der Waals surface area contributed by atoms with Crippen LogP contribution in [0.25, 0.3) is 0 Å². The molecule has 4 heteroatoms. The van der Waals surface area contributed by atoms with Gasteiger partial charge in [0.25, 0.3) is 0 Å². The largest absolute Gasteiger partial charge is 0.290 e. The molecule has 0 fully saturated rings. The number of hydrogen-bond acceptors (Lipinski definition) is 2. The molecule has 2 nitrogen and oxygen atoms in total. The van der Waals surface area contributed by atoms with Gasteiger partial charge in [0.2, 0.25) is 0 Å². The number of aryl methyl sites for hydroxylation is 1. The molecule has 68 valence electrons. The molecule has 13 heavy (non-hydrogen) atoms. The maximum atomic E-state index is 11.0. The number of carbonyl (C=O) groups excluding carboxylic acids is 2. The van der Waals surface area contributed by atoms with Gasteiger partial charge in [0.15, 0.2) is 11.0 Å². The molecule has 0 aromatic heterocycles. The van der Waals surface area contributed by atoms with Crippen LogP contribution in [0.4, 0.5) is 0 Å². The predicted molar refractivity (Wildman–Crippen MR) is 59.3 cm³/mol. The van der Waals surface area contributed by atoms with Gasteiger partial charge >= 0.3 is 0 Å². The molecule has 0 bridgehead atoms. The Balaban J connectivity index is 3.26. The van der Waals surface area contributed by atoms with Crippen LogP contribution in [-0.4, -0.2) is 11.0 Å². The average molecular weight is 212 g/mol. The van der Waals surface area contributed by atoms with E-state index in [1.807, 2.05) is 6.92 Å². The molecule has 0 saturated heterocycles. The van der Waals surface area contributed by atoms with Gasteiger partial charge in [-0.05, 0) is 30.7 Å². The molecule has 0 aliphatic rings. The smallest absolute Gasteiger partial charge is 0.178 e. The van der Waals surface area contributed by atoms with Crippen molar-refractivity contribution in [2.24, 2.45) is 0 Å². The van der Waals surface area contributed by atoms with Crippen LogP contribution in [0.1, 0.15) is 26.3 Å². The summed E-state index contributed by atoms with van der Waals surface area (Å²) in [5, 5.41) is 0. The molecule has 0 spiro atoms. The van der Waals surface area contributed by atoms with E-state index in [2.05, 4.69) is 18.5 Å². The van der Waals surface area contributed by atoms with Crippen LogP contribution in [0.5, 0.6) is 0 Å². The van der Waals surface area contributed by atoms with Crippen LogP contribution in [-0.2, 0) is 0 Å². The average Bonchev–Trinajstić information content (AvgIpc) is 2.03. The van der Waals surface area contributed by atoms with E-state index in [0.717, 1.165) is 5.56 Å². The van der Waals surface area contributed by atoms with E-state index in [9.17, 15) is 9.59 Å². The fraction of sp³-hybridized carbons (Fsp3) is 0.111. The molecule has 2 unspecified atom stereocenters. The van der Waals surface area contributed by atoms with Crippen molar-refractivity contribution in [3.63, 3.8) is 0 Å². The van der Waals surface area contributed by atoms with Crippen LogP contribution in [0, 0.1) is 6.92 Å². The van der Waals surface area contributed by atoms with Crippen LogP contribution in [0.3, 0.4) is 0 Å². The third kappa shape index (κ3) is 2.69. The molecule has 2 atom stereocenters. The van der Waals surface area contributed by atoms with Crippen molar-refractivity contribution >= 4 is 29.5 Å². The molecule has 0 aliphatic carbocycles. The molecule has 0 radical (unpaired) electrons. The summed E-state index contributed by atoms with van der Waals surface area (Å²) < 4.78 is 0. The van der Waals surface area contributed by atoms with Crippen molar-refractivity contribution in [2.75, 3.05) is 0 Å². The zero-order valence-corrected chi connectivity index (χ0v) is 9.51. The summed E-state index contributed by atoms with van der Waals surface area (Å²) >= 11 is 0. The maximum Gasteiger partial charge on any atom is 0.178 e. The normalized spacial score (nSPS) is 9.77. The van der Waals surface area contributed by atoms with Gasteiger partial charge in [-0.1, -0.05) is 18.5 Å². The van der Waals surface area contributed by atoms with E-state index >= 15 is 0 Å².